The molecule has 0 N–H and O–H groups in total. The van der Waals surface area contributed by atoms with Gasteiger partial charge in [-0.15, -0.1) is 11.3 Å². The summed E-state index contributed by atoms with van der Waals surface area (Å²) < 4.78 is 11.2. The van der Waals surface area contributed by atoms with Crippen LogP contribution in [0.25, 0.3) is 104 Å². The van der Waals surface area contributed by atoms with Crippen LogP contribution >= 0.6 is 11.3 Å². The van der Waals surface area contributed by atoms with Crippen molar-refractivity contribution in [1.82, 2.24) is 19.5 Å². The van der Waals surface area contributed by atoms with Gasteiger partial charge in [0.2, 0.25) is 0 Å². The highest BCUT2D eigenvalue weighted by Crippen LogP contribution is 2.45. The minimum Gasteiger partial charge on any atom is -0.456 e. The van der Waals surface area contributed by atoms with Crippen molar-refractivity contribution in [1.29, 1.82) is 0 Å². The van der Waals surface area contributed by atoms with Crippen molar-refractivity contribution < 1.29 is 4.42 Å². The molecule has 0 aliphatic carbocycles. The predicted octanol–water partition coefficient (Wildman–Crippen LogP) is 12.2. The number of nitrogens with zero attached hydrogens (tertiary/aromatic N) is 4. The molecule has 7 aromatic carbocycles. The van der Waals surface area contributed by atoms with Crippen molar-refractivity contribution in [2.24, 2.45) is 0 Å². The second kappa shape index (κ2) is 10.9. The van der Waals surface area contributed by atoms with E-state index >= 15 is 0 Å². The molecule has 0 aliphatic rings. The summed E-state index contributed by atoms with van der Waals surface area (Å²) >= 11 is 1.80. The summed E-state index contributed by atoms with van der Waals surface area (Å²) in [6.07, 6.45) is 0. The van der Waals surface area contributed by atoms with Crippen LogP contribution in [0.3, 0.4) is 0 Å². The van der Waals surface area contributed by atoms with Crippen molar-refractivity contribution >= 4 is 75.3 Å². The first-order valence-electron chi connectivity index (χ1n) is 16.9. The number of fused-ring (bicyclic) bond motifs is 10. The Labute approximate surface area is 295 Å². The number of hydrogen-bond donors (Lipinski definition) is 0. The molecule has 6 heteroatoms. The zero-order chi connectivity index (χ0) is 33.5. The topological polar surface area (TPSA) is 56.7 Å². The summed E-state index contributed by atoms with van der Waals surface area (Å²) in [6.45, 7) is 0. The van der Waals surface area contributed by atoms with E-state index in [2.05, 4.69) is 114 Å². The van der Waals surface area contributed by atoms with Gasteiger partial charge in [0, 0.05) is 58.7 Å². The molecule has 51 heavy (non-hydrogen) atoms. The molecule has 0 aliphatic heterocycles. The van der Waals surface area contributed by atoms with Gasteiger partial charge in [0.15, 0.2) is 17.5 Å². The van der Waals surface area contributed by atoms with E-state index in [-0.39, 0.29) is 0 Å². The van der Waals surface area contributed by atoms with Crippen LogP contribution in [0.4, 0.5) is 0 Å². The summed E-state index contributed by atoms with van der Waals surface area (Å²) in [4.78, 5) is 15.5. The van der Waals surface area contributed by atoms with Gasteiger partial charge >= 0.3 is 0 Å². The Balaban J connectivity index is 1.29. The molecule has 0 radical (unpaired) electrons. The van der Waals surface area contributed by atoms with Gasteiger partial charge in [0.25, 0.3) is 0 Å². The molecule has 0 atom stereocenters. The Kier molecular flexibility index (Phi) is 6.05. The van der Waals surface area contributed by atoms with Gasteiger partial charge in [-0.3, -0.25) is 0 Å². The number of rotatable bonds is 4. The molecular weight excluding hydrogens is 645 g/mol. The smallest absolute Gasteiger partial charge is 0.164 e. The zero-order valence-corrected chi connectivity index (χ0v) is 27.9. The molecule has 0 saturated heterocycles. The molecule has 0 fully saturated rings. The zero-order valence-electron chi connectivity index (χ0n) is 27.1. The molecule has 0 bridgehead atoms. The summed E-state index contributed by atoms with van der Waals surface area (Å²) in [6, 6.07) is 54.8. The van der Waals surface area contributed by atoms with Crippen LogP contribution in [-0.2, 0) is 0 Å². The first kappa shape index (κ1) is 28.2. The number of thiophene rings is 1. The lowest BCUT2D eigenvalue weighted by Crippen LogP contribution is -2.01. The highest BCUT2D eigenvalue weighted by molar-refractivity contribution is 7.26. The summed E-state index contributed by atoms with van der Waals surface area (Å²) in [7, 11) is 0. The third-order valence-corrected chi connectivity index (χ3v) is 11.0. The van der Waals surface area contributed by atoms with Crippen LogP contribution in [0, 0.1) is 0 Å². The Morgan fingerprint density at radius 2 is 1.08 bits per heavy atom. The lowest BCUT2D eigenvalue weighted by molar-refractivity contribution is 0.669. The summed E-state index contributed by atoms with van der Waals surface area (Å²) in [5.41, 5.74) is 7.88. The second-order valence-electron chi connectivity index (χ2n) is 12.8. The van der Waals surface area contributed by atoms with Gasteiger partial charge in [-0.25, -0.2) is 15.0 Å². The van der Waals surface area contributed by atoms with Gasteiger partial charge in [-0.05, 0) is 42.5 Å². The van der Waals surface area contributed by atoms with Gasteiger partial charge in [-0.2, -0.15) is 0 Å². The number of hydrogen-bond acceptors (Lipinski definition) is 5. The molecule has 4 aromatic heterocycles. The second-order valence-corrected chi connectivity index (χ2v) is 13.9. The average molecular weight is 671 g/mol. The lowest BCUT2D eigenvalue weighted by atomic mass is 10.0. The standard InChI is InChI=1S/C45H26N4OS/c1-3-13-27(14-4-1)43-46-44(28-15-5-2-6-16-28)48-45(47-43)34-25-29(26-39-40(34)33-19-9-12-22-38(33)51-39)49-35-20-10-7-17-30(35)31-23-24-37-41(42(31)49)32-18-8-11-21-36(32)50-37/h1-26H. The molecule has 0 amide bonds. The van der Waals surface area contributed by atoms with Crippen LogP contribution in [0.15, 0.2) is 162 Å². The largest absolute Gasteiger partial charge is 0.456 e. The van der Waals surface area contributed by atoms with E-state index in [1.54, 1.807) is 11.3 Å². The number of benzene rings is 7. The maximum atomic E-state index is 6.42. The van der Waals surface area contributed by atoms with E-state index in [1.807, 2.05) is 48.5 Å². The molecule has 4 heterocycles. The van der Waals surface area contributed by atoms with E-state index in [1.165, 1.54) is 25.6 Å². The van der Waals surface area contributed by atoms with Crippen molar-refractivity contribution in [2.45, 2.75) is 0 Å². The van der Waals surface area contributed by atoms with E-state index in [9.17, 15) is 0 Å². The van der Waals surface area contributed by atoms with Gasteiger partial charge in [0.05, 0.1) is 16.4 Å². The highest BCUT2D eigenvalue weighted by atomic mass is 32.1. The van der Waals surface area contributed by atoms with Crippen molar-refractivity contribution in [3.8, 4) is 39.9 Å². The Morgan fingerprint density at radius 1 is 0.451 bits per heavy atom. The maximum Gasteiger partial charge on any atom is 0.164 e. The van der Waals surface area contributed by atoms with Crippen LogP contribution < -0.4 is 0 Å². The van der Waals surface area contributed by atoms with Crippen LogP contribution in [0.5, 0.6) is 0 Å². The van der Waals surface area contributed by atoms with E-state index in [4.69, 9.17) is 19.4 Å². The SMILES string of the molecule is c1ccc(-c2nc(-c3ccccc3)nc(-c3cc(-n4c5ccccc5c5ccc6oc7ccccc7c6c54)cc4sc5ccccc5c34)n2)cc1. The lowest BCUT2D eigenvalue weighted by Gasteiger charge is -2.14. The van der Waals surface area contributed by atoms with Gasteiger partial charge in [0.1, 0.15) is 11.2 Å². The molecule has 0 saturated carbocycles. The fourth-order valence-electron chi connectivity index (χ4n) is 7.61. The molecular formula is C45H26N4OS. The van der Waals surface area contributed by atoms with Crippen molar-refractivity contribution in [3.05, 3.63) is 158 Å². The number of furan rings is 1. The maximum absolute atomic E-state index is 6.42. The predicted molar refractivity (Wildman–Crippen MR) is 211 cm³/mol. The summed E-state index contributed by atoms with van der Waals surface area (Å²) in [5.74, 6) is 1.92. The Morgan fingerprint density at radius 3 is 1.84 bits per heavy atom. The van der Waals surface area contributed by atoms with Crippen molar-refractivity contribution in [2.75, 3.05) is 0 Å². The molecule has 238 valence electrons. The molecule has 11 rings (SSSR count). The average Bonchev–Trinajstić information content (AvgIpc) is 3.87. The summed E-state index contributed by atoms with van der Waals surface area (Å²) in [5, 5.41) is 6.91. The Hall–Kier alpha value is -6.63. The third-order valence-electron chi connectivity index (χ3n) is 9.84. The molecule has 0 unspecified atom stereocenters. The monoisotopic (exact) mass is 670 g/mol. The fourth-order valence-corrected chi connectivity index (χ4v) is 8.77. The van der Waals surface area contributed by atoms with Gasteiger partial charge in [-0.1, -0.05) is 115 Å². The highest BCUT2D eigenvalue weighted by Gasteiger charge is 2.22. The minimum absolute atomic E-state index is 0.637. The normalized spacial score (nSPS) is 11.9. The first-order valence-corrected chi connectivity index (χ1v) is 17.8. The number of para-hydroxylation sites is 2. The first-order chi connectivity index (χ1) is 25.3. The molecule has 5 nitrogen and oxygen atoms in total. The van der Waals surface area contributed by atoms with E-state index < -0.39 is 0 Å². The van der Waals surface area contributed by atoms with Crippen molar-refractivity contribution in [3.63, 3.8) is 0 Å². The quantitative estimate of drug-likeness (QED) is 0.187. The van der Waals surface area contributed by atoms with Crippen LogP contribution in [0.2, 0.25) is 0 Å². The minimum atomic E-state index is 0.637. The van der Waals surface area contributed by atoms with Gasteiger partial charge < -0.3 is 8.98 Å². The van der Waals surface area contributed by atoms with E-state index in [0.717, 1.165) is 60.7 Å². The van der Waals surface area contributed by atoms with E-state index in [0.29, 0.717) is 17.5 Å². The third kappa shape index (κ3) is 4.30. The number of aromatic nitrogens is 4. The Bertz CT molecular complexity index is 3080. The molecule has 0 spiro atoms. The van der Waals surface area contributed by atoms with Crippen LogP contribution in [0.1, 0.15) is 0 Å². The van der Waals surface area contributed by atoms with Crippen LogP contribution in [-0.4, -0.2) is 19.5 Å². The molecule has 11 aromatic rings. The fraction of sp³-hybridized carbons (Fsp3) is 0.